The first-order valence-corrected chi connectivity index (χ1v) is 8.94. The van der Waals surface area contributed by atoms with E-state index in [1.807, 2.05) is 0 Å². The summed E-state index contributed by atoms with van der Waals surface area (Å²) in [7, 11) is -2.09. The highest BCUT2D eigenvalue weighted by Gasteiger charge is 2.36. The third-order valence-corrected chi connectivity index (χ3v) is 5.41. The van der Waals surface area contributed by atoms with Gasteiger partial charge in [0.15, 0.2) is 9.84 Å². The lowest BCUT2D eigenvalue weighted by Gasteiger charge is -2.16. The number of methoxy groups -OCH3 is 1. The molecule has 2 rings (SSSR count). The molecule has 7 nitrogen and oxygen atoms in total. The van der Waals surface area contributed by atoms with Gasteiger partial charge in [0.25, 0.3) is 0 Å². The lowest BCUT2D eigenvalue weighted by Crippen LogP contribution is -2.37. The van der Waals surface area contributed by atoms with Gasteiger partial charge in [0.2, 0.25) is 5.91 Å². The van der Waals surface area contributed by atoms with Crippen molar-refractivity contribution in [1.82, 2.24) is 9.80 Å². The predicted molar refractivity (Wildman–Crippen MR) is 84.1 cm³/mol. The van der Waals surface area contributed by atoms with Crippen LogP contribution < -0.4 is 0 Å². The zero-order valence-electron chi connectivity index (χ0n) is 12.6. The number of sulfone groups is 1. The van der Waals surface area contributed by atoms with Crippen LogP contribution in [0, 0.1) is 0 Å². The molecule has 1 saturated heterocycles. The highest BCUT2D eigenvalue weighted by molar-refractivity contribution is 7.91. The molecule has 0 saturated carbocycles. The van der Waals surface area contributed by atoms with E-state index in [0.29, 0.717) is 18.2 Å². The zero-order chi connectivity index (χ0) is 17.0. The number of urea groups is 1. The fourth-order valence-electron chi connectivity index (χ4n) is 2.16. The van der Waals surface area contributed by atoms with E-state index in [4.69, 9.17) is 16.3 Å². The van der Waals surface area contributed by atoms with Crippen molar-refractivity contribution < 1.29 is 22.7 Å². The number of hydrogen-bond donors (Lipinski definition) is 0. The summed E-state index contributed by atoms with van der Waals surface area (Å²) in [5.41, 5.74) is 0. The van der Waals surface area contributed by atoms with E-state index in [1.54, 1.807) is 0 Å². The smallest absolute Gasteiger partial charge is 0.327 e. The first-order chi connectivity index (χ1) is 10.8. The Balaban J connectivity index is 2.01. The SMILES string of the molecule is COCCN1CC(=O)N(CCS(=O)(=O)c2ccc(Cl)cc2)C1=O. The van der Waals surface area contributed by atoms with Crippen LogP contribution in [0.4, 0.5) is 4.79 Å². The van der Waals surface area contributed by atoms with E-state index in [2.05, 4.69) is 0 Å². The van der Waals surface area contributed by atoms with E-state index in [1.165, 1.54) is 36.3 Å². The second-order valence-corrected chi connectivity index (χ2v) is 7.56. The molecule has 3 amide bonds. The summed E-state index contributed by atoms with van der Waals surface area (Å²) in [6.07, 6.45) is 0. The van der Waals surface area contributed by atoms with Crippen molar-refractivity contribution in [3.8, 4) is 0 Å². The number of halogens is 1. The predicted octanol–water partition coefficient (Wildman–Crippen LogP) is 1.02. The molecule has 0 N–H and O–H groups in total. The van der Waals surface area contributed by atoms with Crippen LogP contribution in [0.15, 0.2) is 29.2 Å². The highest BCUT2D eigenvalue weighted by atomic mass is 35.5. The van der Waals surface area contributed by atoms with E-state index in [0.717, 1.165) is 4.90 Å². The molecule has 1 aromatic carbocycles. The molecule has 0 spiro atoms. The summed E-state index contributed by atoms with van der Waals surface area (Å²) in [6.45, 7) is 0.382. The van der Waals surface area contributed by atoms with Gasteiger partial charge in [0, 0.05) is 25.2 Å². The van der Waals surface area contributed by atoms with Crippen molar-refractivity contribution in [2.24, 2.45) is 0 Å². The highest BCUT2D eigenvalue weighted by Crippen LogP contribution is 2.17. The molecule has 1 fully saturated rings. The van der Waals surface area contributed by atoms with E-state index in [9.17, 15) is 18.0 Å². The molecule has 0 atom stereocenters. The average Bonchev–Trinajstić information content (AvgIpc) is 2.78. The fraction of sp³-hybridized carbons (Fsp3) is 0.429. The Morgan fingerprint density at radius 3 is 2.43 bits per heavy atom. The van der Waals surface area contributed by atoms with Gasteiger partial charge < -0.3 is 9.64 Å². The maximum atomic E-state index is 12.2. The zero-order valence-corrected chi connectivity index (χ0v) is 14.1. The van der Waals surface area contributed by atoms with Crippen molar-refractivity contribution in [3.63, 3.8) is 0 Å². The molecule has 1 aliphatic rings. The monoisotopic (exact) mass is 360 g/mol. The summed E-state index contributed by atoms with van der Waals surface area (Å²) >= 11 is 5.73. The lowest BCUT2D eigenvalue weighted by atomic mass is 10.4. The van der Waals surface area contributed by atoms with Crippen LogP contribution in [0.1, 0.15) is 0 Å². The Hall–Kier alpha value is -1.64. The van der Waals surface area contributed by atoms with Gasteiger partial charge in [-0.25, -0.2) is 13.2 Å². The van der Waals surface area contributed by atoms with Crippen LogP contribution in [0.5, 0.6) is 0 Å². The van der Waals surface area contributed by atoms with E-state index >= 15 is 0 Å². The van der Waals surface area contributed by atoms with Crippen molar-refractivity contribution in [1.29, 1.82) is 0 Å². The normalized spacial score (nSPS) is 15.6. The third-order valence-electron chi connectivity index (χ3n) is 3.45. The molecule has 126 valence electrons. The minimum Gasteiger partial charge on any atom is -0.383 e. The molecular formula is C14H17ClN2O5S. The Morgan fingerprint density at radius 1 is 1.17 bits per heavy atom. The van der Waals surface area contributed by atoms with E-state index in [-0.39, 0.29) is 23.7 Å². The molecule has 1 aromatic rings. The van der Waals surface area contributed by atoms with Gasteiger partial charge in [-0.15, -0.1) is 0 Å². The molecular weight excluding hydrogens is 344 g/mol. The Kier molecular flexibility index (Phi) is 5.61. The molecule has 0 bridgehead atoms. The third kappa shape index (κ3) is 4.21. The molecule has 0 radical (unpaired) electrons. The summed E-state index contributed by atoms with van der Waals surface area (Å²) in [4.78, 5) is 26.4. The van der Waals surface area contributed by atoms with Crippen LogP contribution >= 0.6 is 11.6 Å². The molecule has 23 heavy (non-hydrogen) atoms. The van der Waals surface area contributed by atoms with Gasteiger partial charge in [0.05, 0.1) is 17.3 Å². The second-order valence-electron chi connectivity index (χ2n) is 5.02. The van der Waals surface area contributed by atoms with Gasteiger partial charge in [-0.2, -0.15) is 0 Å². The van der Waals surface area contributed by atoms with Crippen LogP contribution in [0.2, 0.25) is 5.02 Å². The number of imide groups is 1. The van der Waals surface area contributed by atoms with Gasteiger partial charge in [0.1, 0.15) is 6.54 Å². The first-order valence-electron chi connectivity index (χ1n) is 6.91. The Labute approximate surface area is 139 Å². The Morgan fingerprint density at radius 2 is 1.83 bits per heavy atom. The maximum absolute atomic E-state index is 12.2. The van der Waals surface area contributed by atoms with Crippen LogP contribution in [0.25, 0.3) is 0 Å². The number of carbonyl (C=O) groups is 2. The topological polar surface area (TPSA) is 84.0 Å². The molecule has 1 heterocycles. The van der Waals surface area contributed by atoms with Crippen molar-refractivity contribution in [2.45, 2.75) is 4.90 Å². The molecule has 0 aromatic heterocycles. The van der Waals surface area contributed by atoms with Crippen LogP contribution in [-0.4, -0.2) is 69.3 Å². The largest absolute Gasteiger partial charge is 0.383 e. The van der Waals surface area contributed by atoms with Crippen LogP contribution in [-0.2, 0) is 19.4 Å². The number of hydrogen-bond acceptors (Lipinski definition) is 5. The number of rotatable bonds is 7. The first kappa shape index (κ1) is 17.7. The second kappa shape index (κ2) is 7.29. The minimum absolute atomic E-state index is 0.0524. The number of nitrogens with zero attached hydrogens (tertiary/aromatic N) is 2. The molecule has 9 heteroatoms. The fourth-order valence-corrected chi connectivity index (χ4v) is 3.50. The summed E-state index contributed by atoms with van der Waals surface area (Å²) < 4.78 is 29.4. The van der Waals surface area contributed by atoms with Crippen molar-refractivity contribution in [3.05, 3.63) is 29.3 Å². The quantitative estimate of drug-likeness (QED) is 0.678. The number of ether oxygens (including phenoxy) is 1. The molecule has 0 aliphatic carbocycles. The van der Waals surface area contributed by atoms with E-state index < -0.39 is 21.8 Å². The van der Waals surface area contributed by atoms with Gasteiger partial charge >= 0.3 is 6.03 Å². The Bertz CT molecular complexity index is 690. The van der Waals surface area contributed by atoms with Gasteiger partial charge in [-0.05, 0) is 24.3 Å². The molecule has 1 aliphatic heterocycles. The maximum Gasteiger partial charge on any atom is 0.327 e. The van der Waals surface area contributed by atoms with Gasteiger partial charge in [-0.3, -0.25) is 9.69 Å². The number of carbonyl (C=O) groups excluding carboxylic acids is 2. The average molecular weight is 361 g/mol. The summed E-state index contributed by atoms with van der Waals surface area (Å²) in [5.74, 6) is -0.734. The number of benzene rings is 1. The minimum atomic E-state index is -3.59. The van der Waals surface area contributed by atoms with Crippen molar-refractivity contribution in [2.75, 3.05) is 39.1 Å². The lowest BCUT2D eigenvalue weighted by molar-refractivity contribution is -0.125. The van der Waals surface area contributed by atoms with Gasteiger partial charge in [-0.1, -0.05) is 11.6 Å². The number of amides is 3. The van der Waals surface area contributed by atoms with Crippen LogP contribution in [0.3, 0.4) is 0 Å². The van der Waals surface area contributed by atoms with Crippen molar-refractivity contribution >= 4 is 33.4 Å². The molecule has 0 unspecified atom stereocenters. The standard InChI is InChI=1S/C14H17ClN2O5S/c1-22-8-6-16-10-13(18)17(14(16)19)7-9-23(20,21)12-4-2-11(15)3-5-12/h2-5H,6-10H2,1H3. The summed E-state index contributed by atoms with van der Waals surface area (Å²) in [6, 6.07) is 5.27. The summed E-state index contributed by atoms with van der Waals surface area (Å²) in [5, 5.41) is 0.433.